The lowest BCUT2D eigenvalue weighted by atomic mass is 9.66. The highest BCUT2D eigenvalue weighted by molar-refractivity contribution is 5.68. The van der Waals surface area contributed by atoms with Crippen LogP contribution in [0, 0.1) is 5.41 Å². The number of nitrogens with two attached hydrogens (primary N) is 1. The van der Waals surface area contributed by atoms with Crippen molar-refractivity contribution in [1.29, 1.82) is 0 Å². The summed E-state index contributed by atoms with van der Waals surface area (Å²) >= 11 is 0. The van der Waals surface area contributed by atoms with Crippen molar-refractivity contribution in [3.05, 3.63) is 26.7 Å². The second-order valence-electron chi connectivity index (χ2n) is 5.05. The van der Waals surface area contributed by atoms with E-state index in [4.69, 9.17) is 5.73 Å². The highest BCUT2D eigenvalue weighted by Crippen LogP contribution is 2.42. The van der Waals surface area contributed by atoms with Gasteiger partial charge in [0.05, 0.1) is 0 Å². The van der Waals surface area contributed by atoms with E-state index in [0.717, 1.165) is 19.3 Å². The maximum Gasteiger partial charge on any atom is 0.327 e. The standard InChI is InChI=1S/C11H15N5O2/c12-5-11(2-1-3-11)4-6-13-7-8(14-6)15-10(18)16-9(7)17/h1-5,12H2,(H3,13,14,15,16,17,18). The van der Waals surface area contributed by atoms with E-state index in [1.54, 1.807) is 0 Å². The molecule has 7 heteroatoms. The average Bonchev–Trinajstić information content (AvgIpc) is 2.66. The highest BCUT2D eigenvalue weighted by atomic mass is 16.2. The molecule has 0 aromatic carbocycles. The summed E-state index contributed by atoms with van der Waals surface area (Å²) in [5.41, 5.74) is 5.55. The summed E-state index contributed by atoms with van der Waals surface area (Å²) in [6.45, 7) is 0.622. The molecule has 0 saturated heterocycles. The first-order chi connectivity index (χ1) is 8.62. The number of aromatic amines is 3. The Morgan fingerprint density at radius 3 is 2.61 bits per heavy atom. The van der Waals surface area contributed by atoms with Crippen LogP contribution >= 0.6 is 0 Å². The van der Waals surface area contributed by atoms with Crippen LogP contribution in [-0.2, 0) is 6.42 Å². The van der Waals surface area contributed by atoms with E-state index in [2.05, 4.69) is 19.9 Å². The summed E-state index contributed by atoms with van der Waals surface area (Å²) in [5, 5.41) is 0. The van der Waals surface area contributed by atoms with Crippen LogP contribution in [0.5, 0.6) is 0 Å². The van der Waals surface area contributed by atoms with Crippen molar-refractivity contribution < 1.29 is 0 Å². The number of hydrogen-bond acceptors (Lipinski definition) is 4. The fraction of sp³-hybridized carbons (Fsp3) is 0.545. The number of aromatic nitrogens is 4. The molecule has 0 aliphatic heterocycles. The predicted molar refractivity (Wildman–Crippen MR) is 66.4 cm³/mol. The van der Waals surface area contributed by atoms with Crippen molar-refractivity contribution in [2.75, 3.05) is 6.54 Å². The Labute approximate surface area is 102 Å². The van der Waals surface area contributed by atoms with Crippen LogP contribution in [0.2, 0.25) is 0 Å². The number of nitrogens with zero attached hydrogens (tertiary/aromatic N) is 1. The van der Waals surface area contributed by atoms with Crippen molar-refractivity contribution in [3.63, 3.8) is 0 Å². The van der Waals surface area contributed by atoms with Gasteiger partial charge < -0.3 is 10.7 Å². The Bertz CT molecular complexity index is 686. The molecule has 2 aromatic heterocycles. The van der Waals surface area contributed by atoms with Gasteiger partial charge in [-0.1, -0.05) is 6.42 Å². The predicted octanol–water partition coefficient (Wildman–Crippen LogP) is -0.389. The molecule has 0 atom stereocenters. The van der Waals surface area contributed by atoms with E-state index >= 15 is 0 Å². The van der Waals surface area contributed by atoms with E-state index < -0.39 is 11.2 Å². The summed E-state index contributed by atoms with van der Waals surface area (Å²) < 4.78 is 0. The zero-order valence-corrected chi connectivity index (χ0v) is 9.88. The van der Waals surface area contributed by atoms with E-state index in [0.29, 0.717) is 23.5 Å². The van der Waals surface area contributed by atoms with E-state index in [1.165, 1.54) is 6.42 Å². The van der Waals surface area contributed by atoms with Crippen LogP contribution in [-0.4, -0.2) is 26.5 Å². The van der Waals surface area contributed by atoms with Gasteiger partial charge in [-0.25, -0.2) is 9.78 Å². The third-order valence-electron chi connectivity index (χ3n) is 3.83. The number of nitrogens with one attached hydrogen (secondary N) is 3. The summed E-state index contributed by atoms with van der Waals surface area (Å²) in [5.74, 6) is 0.711. The Morgan fingerprint density at radius 1 is 1.22 bits per heavy atom. The lowest BCUT2D eigenvalue weighted by Gasteiger charge is -2.40. The zero-order chi connectivity index (χ0) is 12.8. The van der Waals surface area contributed by atoms with Crippen molar-refractivity contribution in [2.24, 2.45) is 11.1 Å². The molecule has 2 heterocycles. The van der Waals surface area contributed by atoms with Gasteiger partial charge in [0.15, 0.2) is 5.65 Å². The minimum Gasteiger partial charge on any atom is -0.336 e. The van der Waals surface area contributed by atoms with Gasteiger partial charge in [0.25, 0.3) is 5.56 Å². The number of hydrogen-bond donors (Lipinski definition) is 4. The van der Waals surface area contributed by atoms with E-state index in [1.807, 2.05) is 0 Å². The fourth-order valence-corrected chi connectivity index (χ4v) is 2.55. The van der Waals surface area contributed by atoms with Crippen molar-refractivity contribution in [2.45, 2.75) is 25.7 Å². The largest absolute Gasteiger partial charge is 0.336 e. The minimum absolute atomic E-state index is 0.112. The number of fused-ring (bicyclic) bond motifs is 1. The van der Waals surface area contributed by atoms with Crippen LogP contribution in [0.25, 0.3) is 11.2 Å². The van der Waals surface area contributed by atoms with Crippen molar-refractivity contribution >= 4 is 11.2 Å². The Hall–Kier alpha value is -1.89. The summed E-state index contributed by atoms with van der Waals surface area (Å²) in [7, 11) is 0. The molecule has 2 aromatic rings. The minimum atomic E-state index is -0.539. The normalized spacial score (nSPS) is 17.8. The van der Waals surface area contributed by atoms with Gasteiger partial charge in [0.2, 0.25) is 0 Å². The van der Waals surface area contributed by atoms with Crippen LogP contribution < -0.4 is 17.0 Å². The molecular formula is C11H15N5O2. The zero-order valence-electron chi connectivity index (χ0n) is 9.88. The Balaban J connectivity index is 2.01. The summed E-state index contributed by atoms with van der Waals surface area (Å²) in [6, 6.07) is 0. The van der Waals surface area contributed by atoms with Gasteiger partial charge >= 0.3 is 5.69 Å². The molecule has 1 aliphatic carbocycles. The van der Waals surface area contributed by atoms with E-state index in [9.17, 15) is 9.59 Å². The second-order valence-corrected chi connectivity index (χ2v) is 5.05. The molecule has 0 unspecified atom stereocenters. The Morgan fingerprint density at radius 2 is 2.00 bits per heavy atom. The molecule has 5 N–H and O–H groups in total. The third kappa shape index (κ3) is 1.67. The maximum atomic E-state index is 11.6. The number of H-pyrrole nitrogens is 3. The second kappa shape index (κ2) is 3.81. The van der Waals surface area contributed by atoms with Crippen LogP contribution in [0.15, 0.2) is 9.59 Å². The van der Waals surface area contributed by atoms with Gasteiger partial charge in [0, 0.05) is 6.42 Å². The Kier molecular flexibility index (Phi) is 2.37. The number of rotatable bonds is 3. The number of imidazole rings is 1. The van der Waals surface area contributed by atoms with E-state index in [-0.39, 0.29) is 5.41 Å². The van der Waals surface area contributed by atoms with Crippen LogP contribution in [0.4, 0.5) is 0 Å². The first-order valence-electron chi connectivity index (χ1n) is 6.03. The summed E-state index contributed by atoms with van der Waals surface area (Å²) in [6.07, 6.45) is 4.09. The summed E-state index contributed by atoms with van der Waals surface area (Å²) in [4.78, 5) is 34.6. The van der Waals surface area contributed by atoms with Gasteiger partial charge in [-0.3, -0.25) is 14.8 Å². The molecule has 96 valence electrons. The van der Waals surface area contributed by atoms with Gasteiger partial charge in [-0.15, -0.1) is 0 Å². The molecule has 0 radical (unpaired) electrons. The van der Waals surface area contributed by atoms with Crippen LogP contribution in [0.3, 0.4) is 0 Å². The SMILES string of the molecule is NCC1(Cc2nc3[nH]c(=O)[nH]c(=O)c3[nH]2)CCC1. The smallest absolute Gasteiger partial charge is 0.327 e. The highest BCUT2D eigenvalue weighted by Gasteiger charge is 2.36. The molecule has 1 aliphatic rings. The molecule has 1 fully saturated rings. The molecule has 0 spiro atoms. The lowest BCUT2D eigenvalue weighted by molar-refractivity contribution is 0.142. The average molecular weight is 249 g/mol. The van der Waals surface area contributed by atoms with Gasteiger partial charge in [0.1, 0.15) is 11.3 Å². The molecule has 0 bridgehead atoms. The van der Waals surface area contributed by atoms with Gasteiger partial charge in [-0.05, 0) is 24.8 Å². The maximum absolute atomic E-state index is 11.6. The molecule has 0 amide bonds. The molecule has 7 nitrogen and oxygen atoms in total. The van der Waals surface area contributed by atoms with Gasteiger partial charge in [-0.2, -0.15) is 0 Å². The fourth-order valence-electron chi connectivity index (χ4n) is 2.55. The first-order valence-corrected chi connectivity index (χ1v) is 6.03. The molecular weight excluding hydrogens is 234 g/mol. The quantitative estimate of drug-likeness (QED) is 0.592. The van der Waals surface area contributed by atoms with Crippen LogP contribution in [0.1, 0.15) is 25.1 Å². The molecule has 1 saturated carbocycles. The molecule has 18 heavy (non-hydrogen) atoms. The lowest BCUT2D eigenvalue weighted by Crippen LogP contribution is -2.39. The van der Waals surface area contributed by atoms with Crippen molar-refractivity contribution in [3.8, 4) is 0 Å². The van der Waals surface area contributed by atoms with Crippen molar-refractivity contribution in [1.82, 2.24) is 19.9 Å². The third-order valence-corrected chi connectivity index (χ3v) is 3.83. The molecule has 3 rings (SSSR count). The monoisotopic (exact) mass is 249 g/mol. The first kappa shape index (κ1) is 11.2. The topological polar surface area (TPSA) is 120 Å².